The number of hydrogen-bond acceptors (Lipinski definition) is 7. The van der Waals surface area contributed by atoms with Crippen molar-refractivity contribution in [1.82, 2.24) is 14.4 Å². The van der Waals surface area contributed by atoms with Crippen LogP contribution in [0, 0.1) is 0 Å². The molecule has 0 radical (unpaired) electrons. The van der Waals surface area contributed by atoms with Crippen LogP contribution in [0.25, 0.3) is 16.9 Å². The third-order valence-corrected chi connectivity index (χ3v) is 5.42. The molecule has 0 saturated carbocycles. The number of carbonyl (C=O) groups excluding carboxylic acids is 2. The third kappa shape index (κ3) is 3.57. The van der Waals surface area contributed by atoms with Gasteiger partial charge in [-0.2, -0.15) is 0 Å². The van der Waals surface area contributed by atoms with Crippen molar-refractivity contribution >= 4 is 28.5 Å². The number of oxazole rings is 1. The van der Waals surface area contributed by atoms with Crippen LogP contribution < -0.4 is 5.76 Å². The Morgan fingerprint density at radius 2 is 1.97 bits per heavy atom. The monoisotopic (exact) mass is 425 g/mol. The molecule has 4 rings (SSSR count). The van der Waals surface area contributed by atoms with Crippen LogP contribution in [-0.2, 0) is 16.6 Å². The minimum atomic E-state index is -0.837. The van der Waals surface area contributed by atoms with Crippen LogP contribution >= 0.6 is 0 Å². The van der Waals surface area contributed by atoms with Crippen molar-refractivity contribution in [2.24, 2.45) is 7.05 Å². The zero-order chi connectivity index (χ0) is 22.3. The van der Waals surface area contributed by atoms with Gasteiger partial charge in [0.25, 0.3) is 11.7 Å². The van der Waals surface area contributed by atoms with E-state index in [0.29, 0.717) is 24.2 Å². The van der Waals surface area contributed by atoms with E-state index in [1.165, 1.54) is 21.8 Å². The lowest BCUT2D eigenvalue weighted by atomic mass is 9.99. The molecule has 31 heavy (non-hydrogen) atoms. The average Bonchev–Trinajstić information content (AvgIpc) is 3.42. The minimum absolute atomic E-state index is 0.0533. The number of aliphatic hydroxyl groups excluding tert-OH is 1. The van der Waals surface area contributed by atoms with Gasteiger partial charge in [-0.15, -0.1) is 0 Å². The lowest BCUT2D eigenvalue weighted by molar-refractivity contribution is -0.140. The Balaban J connectivity index is 1.80. The van der Waals surface area contributed by atoms with Gasteiger partial charge in [0.1, 0.15) is 17.6 Å². The van der Waals surface area contributed by atoms with Crippen molar-refractivity contribution in [3.8, 4) is 0 Å². The van der Waals surface area contributed by atoms with Gasteiger partial charge in [0, 0.05) is 19.2 Å². The number of benzene rings is 1. The summed E-state index contributed by atoms with van der Waals surface area (Å²) in [5, 5.41) is 11.0. The highest BCUT2D eigenvalue weighted by atomic mass is 16.4. The molecule has 0 aliphatic carbocycles. The summed E-state index contributed by atoms with van der Waals surface area (Å²) >= 11 is 0. The minimum Gasteiger partial charge on any atom is -0.507 e. The zero-order valence-corrected chi connectivity index (χ0v) is 17.5. The fourth-order valence-electron chi connectivity index (χ4n) is 3.85. The number of furan rings is 1. The van der Waals surface area contributed by atoms with E-state index in [2.05, 4.69) is 0 Å². The maximum Gasteiger partial charge on any atom is 0.419 e. The first-order chi connectivity index (χ1) is 14.8. The smallest absolute Gasteiger partial charge is 0.419 e. The second-order valence-electron chi connectivity index (χ2n) is 7.77. The van der Waals surface area contributed by atoms with Crippen LogP contribution in [0.1, 0.15) is 23.8 Å². The Morgan fingerprint density at radius 1 is 1.19 bits per heavy atom. The molecule has 0 spiro atoms. The first kappa shape index (κ1) is 20.7. The first-order valence-electron chi connectivity index (χ1n) is 9.86. The molecule has 3 heterocycles. The molecule has 1 amide bonds. The molecule has 1 atom stereocenters. The number of nitrogens with zero attached hydrogens (tertiary/aromatic N) is 3. The van der Waals surface area contributed by atoms with Crippen molar-refractivity contribution in [3.63, 3.8) is 0 Å². The first-order valence-corrected chi connectivity index (χ1v) is 9.86. The molecule has 1 fully saturated rings. The van der Waals surface area contributed by atoms with Crippen LogP contribution in [-0.4, -0.2) is 58.3 Å². The summed E-state index contributed by atoms with van der Waals surface area (Å²) in [6.07, 6.45) is 2.11. The van der Waals surface area contributed by atoms with Crippen LogP contribution in [0.2, 0.25) is 0 Å². The Labute approximate surface area is 177 Å². The Bertz CT molecular complexity index is 1230. The van der Waals surface area contributed by atoms with E-state index >= 15 is 0 Å². The fraction of sp³-hybridized carbons (Fsp3) is 0.318. The highest BCUT2D eigenvalue weighted by molar-refractivity contribution is 6.46. The van der Waals surface area contributed by atoms with Crippen LogP contribution in [0.15, 0.2) is 55.8 Å². The molecule has 1 aliphatic rings. The molecule has 3 aromatic rings. The van der Waals surface area contributed by atoms with E-state index in [4.69, 9.17) is 8.83 Å². The summed E-state index contributed by atoms with van der Waals surface area (Å²) < 4.78 is 12.0. The number of hydrogen-bond donors (Lipinski definition) is 1. The van der Waals surface area contributed by atoms with Gasteiger partial charge in [0.05, 0.1) is 17.4 Å². The molecule has 162 valence electrons. The number of Topliss-reactive ketones (excluding diaryl/α,β-unsaturated/α-hetero) is 1. The molecule has 9 heteroatoms. The molecule has 0 unspecified atom stereocenters. The second kappa shape index (κ2) is 7.92. The lowest BCUT2D eigenvalue weighted by Crippen LogP contribution is -2.32. The maximum atomic E-state index is 12.9. The quantitative estimate of drug-likeness (QED) is 0.366. The van der Waals surface area contributed by atoms with Gasteiger partial charge in [0.2, 0.25) is 0 Å². The molecule has 1 saturated heterocycles. The van der Waals surface area contributed by atoms with E-state index in [0.717, 1.165) is 6.54 Å². The van der Waals surface area contributed by atoms with Crippen molar-refractivity contribution in [1.29, 1.82) is 0 Å². The molecular formula is C22H23N3O6. The summed E-state index contributed by atoms with van der Waals surface area (Å²) in [6, 6.07) is 7.17. The van der Waals surface area contributed by atoms with Crippen molar-refractivity contribution in [3.05, 3.63) is 64.0 Å². The number of ketones is 1. The SMILES string of the molecule is CN(C)CCCN1C(=O)C(=O)/C(=C(/O)c2ccc3c(c2)oc(=O)n3C)[C@H]1c1ccco1. The molecule has 9 nitrogen and oxygen atoms in total. The molecule has 1 aliphatic heterocycles. The second-order valence-corrected chi connectivity index (χ2v) is 7.77. The number of likely N-dealkylation sites (tertiary alicyclic amines) is 1. The lowest BCUT2D eigenvalue weighted by Gasteiger charge is -2.23. The number of rotatable bonds is 6. The van der Waals surface area contributed by atoms with Crippen LogP contribution in [0.4, 0.5) is 0 Å². The van der Waals surface area contributed by atoms with Gasteiger partial charge in [0.15, 0.2) is 5.58 Å². The highest BCUT2D eigenvalue weighted by Gasteiger charge is 2.47. The summed E-state index contributed by atoms with van der Waals surface area (Å²) in [6.45, 7) is 1.06. The van der Waals surface area contributed by atoms with E-state index in [1.807, 2.05) is 19.0 Å². The van der Waals surface area contributed by atoms with Gasteiger partial charge in [-0.25, -0.2) is 4.79 Å². The highest BCUT2D eigenvalue weighted by Crippen LogP contribution is 2.39. The van der Waals surface area contributed by atoms with Gasteiger partial charge >= 0.3 is 5.76 Å². The molecule has 2 aromatic heterocycles. The molecule has 1 aromatic carbocycles. The Morgan fingerprint density at radius 3 is 2.65 bits per heavy atom. The van der Waals surface area contributed by atoms with Crippen LogP contribution in [0.3, 0.4) is 0 Å². The topological polar surface area (TPSA) is 109 Å². The van der Waals surface area contributed by atoms with Gasteiger partial charge in [-0.05, 0) is 57.4 Å². The van der Waals surface area contributed by atoms with Gasteiger partial charge in [-0.3, -0.25) is 14.2 Å². The van der Waals surface area contributed by atoms with Gasteiger partial charge in [-0.1, -0.05) is 0 Å². The molecule has 1 N–H and O–H groups in total. The summed E-state index contributed by atoms with van der Waals surface area (Å²) in [5.74, 6) is -1.96. The van der Waals surface area contributed by atoms with E-state index in [1.54, 1.807) is 31.3 Å². The van der Waals surface area contributed by atoms with Crippen molar-refractivity contribution < 1.29 is 23.5 Å². The largest absolute Gasteiger partial charge is 0.507 e. The number of amides is 1. The fourth-order valence-corrected chi connectivity index (χ4v) is 3.85. The van der Waals surface area contributed by atoms with Gasteiger partial charge < -0.3 is 23.7 Å². The summed E-state index contributed by atoms with van der Waals surface area (Å²) in [4.78, 5) is 40.9. The Hall–Kier alpha value is -3.59. The number of carbonyl (C=O) groups is 2. The van der Waals surface area contributed by atoms with Crippen molar-refractivity contribution in [2.45, 2.75) is 12.5 Å². The standard InChI is InChI=1S/C22H23N3O6/c1-23(2)9-5-10-25-18(15-6-4-11-30-15)17(20(27)21(25)28)19(26)13-7-8-14-16(12-13)31-22(29)24(14)3/h4,6-8,11-12,18,26H,5,9-10H2,1-3H3/b19-17+/t18-/m1/s1. The normalized spacial score (nSPS) is 18.6. The van der Waals surface area contributed by atoms with E-state index < -0.39 is 23.5 Å². The molecule has 0 bridgehead atoms. The predicted molar refractivity (Wildman–Crippen MR) is 112 cm³/mol. The summed E-state index contributed by atoms with van der Waals surface area (Å²) in [7, 11) is 5.43. The van der Waals surface area contributed by atoms with E-state index in [9.17, 15) is 19.5 Å². The maximum absolute atomic E-state index is 12.9. The average molecular weight is 425 g/mol. The zero-order valence-electron chi connectivity index (χ0n) is 17.5. The number of aromatic nitrogens is 1. The predicted octanol–water partition coefficient (Wildman–Crippen LogP) is 2.10. The number of aliphatic hydroxyl groups is 1. The van der Waals surface area contributed by atoms with Crippen molar-refractivity contribution in [2.75, 3.05) is 27.2 Å². The number of aryl methyl sites for hydroxylation is 1. The third-order valence-electron chi connectivity index (χ3n) is 5.42. The van der Waals surface area contributed by atoms with Crippen LogP contribution in [0.5, 0.6) is 0 Å². The van der Waals surface area contributed by atoms with E-state index in [-0.39, 0.29) is 22.5 Å². The Kier molecular flexibility index (Phi) is 5.28. The number of fused-ring (bicyclic) bond motifs is 1. The molecular weight excluding hydrogens is 402 g/mol. The summed E-state index contributed by atoms with van der Waals surface area (Å²) in [5.41, 5.74) is 1.03.